The molecule has 0 spiro atoms. The fourth-order valence-electron chi connectivity index (χ4n) is 3.52. The molecule has 1 atom stereocenters. The molecule has 0 unspecified atom stereocenters. The monoisotopic (exact) mass is 408 g/mol. The number of carbonyl (C=O) groups excluding carboxylic acids is 2. The van der Waals surface area contributed by atoms with E-state index in [1.165, 1.54) is 4.90 Å². The summed E-state index contributed by atoms with van der Waals surface area (Å²) in [5, 5.41) is 11.0. The van der Waals surface area contributed by atoms with Crippen molar-refractivity contribution in [1.29, 1.82) is 0 Å². The Hall–Kier alpha value is -3.12. The molecule has 1 saturated heterocycles. The van der Waals surface area contributed by atoms with E-state index >= 15 is 0 Å². The van der Waals surface area contributed by atoms with E-state index in [0.717, 1.165) is 5.56 Å². The van der Waals surface area contributed by atoms with Crippen LogP contribution in [0.25, 0.3) is 5.76 Å². The van der Waals surface area contributed by atoms with Crippen LogP contribution in [0.5, 0.6) is 5.75 Å². The maximum absolute atomic E-state index is 12.9. The zero-order chi connectivity index (χ0) is 21.8. The smallest absolute Gasteiger partial charge is 0.295 e. The lowest BCUT2D eigenvalue weighted by molar-refractivity contribution is -0.140. The molecule has 158 valence electrons. The SMILES string of the molecule is CC(C)Oc1ccc([C@@H]2/C(=C(\O)c3ccccc3)C(=O)C(=O)N2CCN(C)C)cc1. The van der Waals surface area contributed by atoms with Crippen LogP contribution in [-0.2, 0) is 9.59 Å². The lowest BCUT2D eigenvalue weighted by Crippen LogP contribution is -2.35. The second kappa shape index (κ2) is 9.13. The highest BCUT2D eigenvalue weighted by atomic mass is 16.5. The summed E-state index contributed by atoms with van der Waals surface area (Å²) in [4.78, 5) is 29.3. The highest BCUT2D eigenvalue weighted by Gasteiger charge is 2.45. The van der Waals surface area contributed by atoms with Gasteiger partial charge in [-0.3, -0.25) is 9.59 Å². The Bertz CT molecular complexity index is 933. The zero-order valence-electron chi connectivity index (χ0n) is 17.8. The van der Waals surface area contributed by atoms with Crippen molar-refractivity contribution in [3.8, 4) is 5.75 Å². The molecular formula is C24H28N2O4. The van der Waals surface area contributed by atoms with Crippen LogP contribution in [0, 0.1) is 0 Å². The van der Waals surface area contributed by atoms with Crippen LogP contribution in [0.15, 0.2) is 60.2 Å². The molecule has 2 aromatic carbocycles. The standard InChI is InChI=1S/C24H28N2O4/c1-16(2)30-19-12-10-17(11-13-19)21-20(22(27)18-8-6-5-7-9-18)23(28)24(29)26(21)15-14-25(3)4/h5-13,16,21,27H,14-15H2,1-4H3/b22-20+/t21-/m1/s1. The molecule has 0 aliphatic carbocycles. The van der Waals surface area contributed by atoms with Crippen molar-refractivity contribution in [2.45, 2.75) is 26.0 Å². The van der Waals surface area contributed by atoms with Gasteiger partial charge in [0.2, 0.25) is 0 Å². The molecule has 0 saturated carbocycles. The average molecular weight is 408 g/mol. The number of rotatable bonds is 7. The van der Waals surface area contributed by atoms with Crippen LogP contribution >= 0.6 is 0 Å². The third-order valence-electron chi connectivity index (χ3n) is 4.94. The van der Waals surface area contributed by atoms with Gasteiger partial charge < -0.3 is 19.6 Å². The predicted octanol–water partition coefficient (Wildman–Crippen LogP) is 3.46. The van der Waals surface area contributed by atoms with Gasteiger partial charge in [0, 0.05) is 18.7 Å². The molecule has 1 fully saturated rings. The molecule has 6 heteroatoms. The van der Waals surface area contributed by atoms with Crippen LogP contribution < -0.4 is 4.74 Å². The summed E-state index contributed by atoms with van der Waals surface area (Å²) in [6.07, 6.45) is 0.0413. The third-order valence-corrected chi connectivity index (χ3v) is 4.94. The Morgan fingerprint density at radius 3 is 2.27 bits per heavy atom. The van der Waals surface area contributed by atoms with Crippen molar-refractivity contribution in [2.75, 3.05) is 27.2 Å². The molecule has 3 rings (SSSR count). The summed E-state index contributed by atoms with van der Waals surface area (Å²) in [6.45, 7) is 4.87. The number of likely N-dealkylation sites (tertiary alicyclic amines) is 1. The first kappa shape index (κ1) is 21.6. The number of aliphatic hydroxyl groups excluding tert-OH is 1. The number of ether oxygens (including phenoxy) is 1. The minimum absolute atomic E-state index is 0.0413. The highest BCUT2D eigenvalue weighted by molar-refractivity contribution is 6.46. The van der Waals surface area contributed by atoms with Crippen molar-refractivity contribution in [1.82, 2.24) is 9.80 Å². The van der Waals surface area contributed by atoms with Crippen LogP contribution in [0.1, 0.15) is 31.0 Å². The van der Waals surface area contributed by atoms with Gasteiger partial charge in [-0.25, -0.2) is 0 Å². The summed E-state index contributed by atoms with van der Waals surface area (Å²) >= 11 is 0. The zero-order valence-corrected chi connectivity index (χ0v) is 17.8. The van der Waals surface area contributed by atoms with E-state index in [9.17, 15) is 14.7 Å². The quantitative estimate of drug-likeness (QED) is 0.432. The third kappa shape index (κ3) is 4.54. The normalized spacial score (nSPS) is 18.5. The fourth-order valence-corrected chi connectivity index (χ4v) is 3.52. The minimum Gasteiger partial charge on any atom is -0.507 e. The molecule has 1 aliphatic rings. The molecule has 30 heavy (non-hydrogen) atoms. The van der Waals surface area contributed by atoms with Crippen molar-refractivity contribution >= 4 is 17.4 Å². The van der Waals surface area contributed by atoms with Crippen molar-refractivity contribution in [3.05, 3.63) is 71.3 Å². The van der Waals surface area contributed by atoms with Gasteiger partial charge >= 0.3 is 0 Å². The number of Topliss-reactive ketones (excluding diaryl/α,β-unsaturated/α-hetero) is 1. The van der Waals surface area contributed by atoms with E-state index in [1.807, 2.05) is 63.2 Å². The molecule has 1 heterocycles. The predicted molar refractivity (Wildman–Crippen MR) is 116 cm³/mol. The Kier molecular flexibility index (Phi) is 6.57. The van der Waals surface area contributed by atoms with E-state index in [1.54, 1.807) is 24.3 Å². The van der Waals surface area contributed by atoms with E-state index in [0.29, 0.717) is 24.4 Å². The number of hydrogen-bond donors (Lipinski definition) is 1. The number of carbonyl (C=O) groups is 2. The van der Waals surface area contributed by atoms with Crippen LogP contribution in [-0.4, -0.2) is 59.9 Å². The van der Waals surface area contributed by atoms with E-state index in [2.05, 4.69) is 0 Å². The van der Waals surface area contributed by atoms with Gasteiger partial charge in [-0.1, -0.05) is 42.5 Å². The molecule has 0 bridgehead atoms. The highest BCUT2D eigenvalue weighted by Crippen LogP contribution is 2.39. The number of amides is 1. The van der Waals surface area contributed by atoms with E-state index in [-0.39, 0.29) is 17.4 Å². The molecule has 1 N–H and O–H groups in total. The summed E-state index contributed by atoms with van der Waals surface area (Å²) in [5.41, 5.74) is 1.37. The molecule has 1 amide bonds. The number of likely N-dealkylation sites (N-methyl/N-ethyl adjacent to an activating group) is 1. The molecular weight excluding hydrogens is 380 g/mol. The number of hydrogen-bond acceptors (Lipinski definition) is 5. The summed E-state index contributed by atoms with van der Waals surface area (Å²) in [6, 6.07) is 15.5. The first-order valence-electron chi connectivity index (χ1n) is 10.0. The second-order valence-corrected chi connectivity index (χ2v) is 7.90. The van der Waals surface area contributed by atoms with E-state index in [4.69, 9.17) is 4.74 Å². The summed E-state index contributed by atoms with van der Waals surface area (Å²) < 4.78 is 5.71. The summed E-state index contributed by atoms with van der Waals surface area (Å²) in [7, 11) is 3.82. The van der Waals surface area contributed by atoms with Gasteiger partial charge in [0.15, 0.2) is 0 Å². The maximum atomic E-state index is 12.9. The number of benzene rings is 2. The largest absolute Gasteiger partial charge is 0.507 e. The molecule has 6 nitrogen and oxygen atoms in total. The van der Waals surface area contributed by atoms with Crippen molar-refractivity contribution in [3.63, 3.8) is 0 Å². The fraction of sp³-hybridized carbons (Fsp3) is 0.333. The van der Waals surface area contributed by atoms with Gasteiger partial charge in [0.1, 0.15) is 11.5 Å². The number of nitrogens with zero attached hydrogens (tertiary/aromatic N) is 2. The minimum atomic E-state index is -0.664. The Balaban J connectivity index is 2.07. The van der Waals surface area contributed by atoms with Crippen molar-refractivity contribution in [2.24, 2.45) is 0 Å². The van der Waals surface area contributed by atoms with Gasteiger partial charge in [0.25, 0.3) is 11.7 Å². The molecule has 1 aliphatic heterocycles. The number of aliphatic hydroxyl groups is 1. The second-order valence-electron chi connectivity index (χ2n) is 7.90. The van der Waals surface area contributed by atoms with Crippen LogP contribution in [0.2, 0.25) is 0 Å². The number of ketones is 1. The topological polar surface area (TPSA) is 70.1 Å². The van der Waals surface area contributed by atoms with Crippen LogP contribution in [0.4, 0.5) is 0 Å². The van der Waals surface area contributed by atoms with Crippen molar-refractivity contribution < 1.29 is 19.4 Å². The van der Waals surface area contributed by atoms with E-state index < -0.39 is 17.7 Å². The molecule has 0 aromatic heterocycles. The first-order chi connectivity index (χ1) is 14.3. The lowest BCUT2D eigenvalue weighted by Gasteiger charge is -2.26. The molecule has 0 radical (unpaired) electrons. The van der Waals surface area contributed by atoms with Crippen LogP contribution in [0.3, 0.4) is 0 Å². The summed E-state index contributed by atoms with van der Waals surface area (Å²) in [5.74, 6) is -0.708. The van der Waals surface area contributed by atoms with Gasteiger partial charge in [0.05, 0.1) is 17.7 Å². The Morgan fingerprint density at radius 1 is 1.07 bits per heavy atom. The Labute approximate surface area is 177 Å². The van der Waals surface area contributed by atoms with Gasteiger partial charge in [-0.15, -0.1) is 0 Å². The maximum Gasteiger partial charge on any atom is 0.295 e. The van der Waals surface area contributed by atoms with Gasteiger partial charge in [-0.05, 0) is 45.6 Å². The van der Waals surface area contributed by atoms with Gasteiger partial charge in [-0.2, -0.15) is 0 Å². The lowest BCUT2D eigenvalue weighted by atomic mass is 9.95. The first-order valence-corrected chi connectivity index (χ1v) is 10.0. The average Bonchev–Trinajstić information content (AvgIpc) is 2.97. The molecule has 2 aromatic rings. The Morgan fingerprint density at radius 2 is 1.70 bits per heavy atom.